The molecule has 0 aliphatic carbocycles. The summed E-state index contributed by atoms with van der Waals surface area (Å²) in [6, 6.07) is 8.61. The number of nitrogens with one attached hydrogen (secondary N) is 1. The number of aromatic nitrogens is 1. The normalized spacial score (nSPS) is 17.0. The van der Waals surface area contributed by atoms with Crippen LogP contribution in [-0.2, 0) is 12.7 Å². The molecule has 1 fully saturated rings. The van der Waals surface area contributed by atoms with E-state index in [1.165, 1.54) is 0 Å². The Kier molecular flexibility index (Phi) is 5.74. The molecule has 27 heavy (non-hydrogen) atoms. The van der Waals surface area contributed by atoms with Crippen molar-refractivity contribution in [1.29, 1.82) is 0 Å². The van der Waals surface area contributed by atoms with Crippen LogP contribution in [0.4, 0.5) is 18.0 Å². The fraction of sp³-hybridized carbons (Fsp3) is 0.333. The average molecular weight is 400 g/mol. The van der Waals surface area contributed by atoms with Crippen molar-refractivity contribution in [3.8, 4) is 5.88 Å². The highest BCUT2D eigenvalue weighted by Gasteiger charge is 2.32. The van der Waals surface area contributed by atoms with Gasteiger partial charge in [0.1, 0.15) is 6.10 Å². The standard InChI is InChI=1S/C18H17ClF3N3O2/c19-14-3-1-12(2-4-14)10-24-17(26)25-8-6-15(11-25)27-16-9-13(5-7-23-16)18(20,21)22/h1-5,7,9,15H,6,8,10-11H2,(H,24,26)/t15-/m1/s1. The molecule has 2 aromatic rings. The largest absolute Gasteiger partial charge is 0.472 e. The number of rotatable bonds is 4. The van der Waals surface area contributed by atoms with Crippen molar-refractivity contribution in [3.05, 3.63) is 58.7 Å². The maximum absolute atomic E-state index is 12.7. The molecule has 1 aromatic carbocycles. The van der Waals surface area contributed by atoms with Gasteiger partial charge in [0.15, 0.2) is 0 Å². The van der Waals surface area contributed by atoms with Crippen molar-refractivity contribution in [2.75, 3.05) is 13.1 Å². The van der Waals surface area contributed by atoms with Crippen molar-refractivity contribution in [3.63, 3.8) is 0 Å². The first kappa shape index (κ1) is 19.3. The van der Waals surface area contributed by atoms with Crippen molar-refractivity contribution in [2.24, 2.45) is 0 Å². The molecule has 3 rings (SSSR count). The van der Waals surface area contributed by atoms with Gasteiger partial charge in [0, 0.05) is 36.8 Å². The van der Waals surface area contributed by atoms with Crippen LogP contribution in [-0.4, -0.2) is 35.1 Å². The van der Waals surface area contributed by atoms with Crippen LogP contribution in [0.1, 0.15) is 17.5 Å². The van der Waals surface area contributed by atoms with E-state index in [4.69, 9.17) is 16.3 Å². The summed E-state index contributed by atoms with van der Waals surface area (Å²) in [7, 11) is 0. The molecule has 2 heterocycles. The van der Waals surface area contributed by atoms with Crippen molar-refractivity contribution >= 4 is 17.6 Å². The van der Waals surface area contributed by atoms with Gasteiger partial charge in [0.05, 0.1) is 12.1 Å². The van der Waals surface area contributed by atoms with Crippen molar-refractivity contribution in [2.45, 2.75) is 25.2 Å². The first-order valence-corrected chi connectivity index (χ1v) is 8.66. The average Bonchev–Trinajstić information content (AvgIpc) is 3.09. The highest BCUT2D eigenvalue weighted by atomic mass is 35.5. The summed E-state index contributed by atoms with van der Waals surface area (Å²) in [4.78, 5) is 17.6. The van der Waals surface area contributed by atoms with Crippen LogP contribution in [0.5, 0.6) is 5.88 Å². The predicted octanol–water partition coefficient (Wildman–Crippen LogP) is 4.12. The maximum atomic E-state index is 12.7. The van der Waals surface area contributed by atoms with Crippen molar-refractivity contribution < 1.29 is 22.7 Å². The Morgan fingerprint density at radius 2 is 2.04 bits per heavy atom. The van der Waals surface area contributed by atoms with Gasteiger partial charge in [-0.1, -0.05) is 23.7 Å². The molecule has 5 nitrogen and oxygen atoms in total. The summed E-state index contributed by atoms with van der Waals surface area (Å²) in [6.45, 7) is 1.09. The van der Waals surface area contributed by atoms with E-state index < -0.39 is 17.8 Å². The first-order chi connectivity index (χ1) is 12.8. The zero-order chi connectivity index (χ0) is 19.4. The minimum atomic E-state index is -4.45. The predicted molar refractivity (Wildman–Crippen MR) is 93.5 cm³/mol. The maximum Gasteiger partial charge on any atom is 0.416 e. The lowest BCUT2D eigenvalue weighted by molar-refractivity contribution is -0.137. The number of ether oxygens (including phenoxy) is 1. The fourth-order valence-corrected chi connectivity index (χ4v) is 2.85. The second-order valence-electron chi connectivity index (χ2n) is 6.14. The number of hydrogen-bond acceptors (Lipinski definition) is 3. The minimum Gasteiger partial charge on any atom is -0.472 e. The molecule has 0 unspecified atom stereocenters. The Labute approximate surface area is 159 Å². The zero-order valence-electron chi connectivity index (χ0n) is 14.2. The number of alkyl halides is 3. The summed E-state index contributed by atoms with van der Waals surface area (Å²) < 4.78 is 43.8. The molecular weight excluding hydrogens is 383 g/mol. The number of nitrogens with zero attached hydrogens (tertiary/aromatic N) is 2. The van der Waals surface area contributed by atoms with E-state index in [1.54, 1.807) is 17.0 Å². The zero-order valence-corrected chi connectivity index (χ0v) is 14.9. The summed E-state index contributed by atoms with van der Waals surface area (Å²) in [5.41, 5.74) is 0.0935. The molecule has 1 aromatic heterocycles. The van der Waals surface area contributed by atoms with E-state index in [-0.39, 0.29) is 18.5 Å². The van der Waals surface area contributed by atoms with Gasteiger partial charge in [-0.3, -0.25) is 0 Å². The third-order valence-corrected chi connectivity index (χ3v) is 4.39. The Balaban J connectivity index is 1.51. The monoisotopic (exact) mass is 399 g/mol. The molecule has 1 N–H and O–H groups in total. The van der Waals surface area contributed by atoms with E-state index in [0.717, 1.165) is 23.9 Å². The van der Waals surface area contributed by atoms with Gasteiger partial charge in [0.2, 0.25) is 5.88 Å². The topological polar surface area (TPSA) is 54.5 Å². The van der Waals surface area contributed by atoms with Crippen LogP contribution in [0.15, 0.2) is 42.6 Å². The highest BCUT2D eigenvalue weighted by Crippen LogP contribution is 2.31. The van der Waals surface area contributed by atoms with Crippen LogP contribution in [0.25, 0.3) is 0 Å². The van der Waals surface area contributed by atoms with Crippen LogP contribution in [0, 0.1) is 0 Å². The van der Waals surface area contributed by atoms with Crippen LogP contribution in [0.3, 0.4) is 0 Å². The number of carbonyl (C=O) groups is 1. The molecule has 1 aliphatic heterocycles. The quantitative estimate of drug-likeness (QED) is 0.841. The molecule has 9 heteroatoms. The van der Waals surface area contributed by atoms with E-state index in [1.807, 2.05) is 12.1 Å². The van der Waals surface area contributed by atoms with Gasteiger partial charge in [-0.25, -0.2) is 9.78 Å². The number of likely N-dealkylation sites (tertiary alicyclic amines) is 1. The summed E-state index contributed by atoms with van der Waals surface area (Å²) in [5, 5.41) is 3.42. The van der Waals surface area contributed by atoms with Crippen LogP contribution < -0.4 is 10.1 Å². The molecule has 144 valence electrons. The smallest absolute Gasteiger partial charge is 0.416 e. The highest BCUT2D eigenvalue weighted by molar-refractivity contribution is 6.30. The minimum absolute atomic E-state index is 0.0988. The number of carbonyl (C=O) groups excluding carboxylic acids is 1. The lowest BCUT2D eigenvalue weighted by atomic mass is 10.2. The van der Waals surface area contributed by atoms with Gasteiger partial charge in [0.25, 0.3) is 0 Å². The lowest BCUT2D eigenvalue weighted by Crippen LogP contribution is -2.39. The fourth-order valence-electron chi connectivity index (χ4n) is 2.72. The van der Waals surface area contributed by atoms with Gasteiger partial charge in [-0.05, 0) is 23.8 Å². The molecular formula is C18H17ClF3N3O2. The summed E-state index contributed by atoms with van der Waals surface area (Å²) in [5.74, 6) is -0.0988. The third kappa shape index (κ3) is 5.26. The summed E-state index contributed by atoms with van der Waals surface area (Å²) >= 11 is 5.82. The van der Waals surface area contributed by atoms with Gasteiger partial charge < -0.3 is 15.0 Å². The van der Waals surface area contributed by atoms with Gasteiger partial charge in [-0.15, -0.1) is 0 Å². The number of hydrogen-bond donors (Lipinski definition) is 1. The number of pyridine rings is 1. The number of amides is 2. The van der Waals surface area contributed by atoms with E-state index in [2.05, 4.69) is 10.3 Å². The second kappa shape index (κ2) is 8.04. The van der Waals surface area contributed by atoms with Gasteiger partial charge >= 0.3 is 12.2 Å². The lowest BCUT2D eigenvalue weighted by Gasteiger charge is -2.18. The molecule has 0 bridgehead atoms. The molecule has 0 spiro atoms. The number of halogens is 4. The molecule has 0 radical (unpaired) electrons. The third-order valence-electron chi connectivity index (χ3n) is 4.14. The SMILES string of the molecule is O=C(NCc1ccc(Cl)cc1)N1CC[C@@H](Oc2cc(C(F)(F)F)ccn2)C1. The molecule has 1 aliphatic rings. The van der Waals surface area contributed by atoms with E-state index in [9.17, 15) is 18.0 Å². The van der Waals surface area contributed by atoms with E-state index in [0.29, 0.717) is 24.5 Å². The van der Waals surface area contributed by atoms with Crippen molar-refractivity contribution in [1.82, 2.24) is 15.2 Å². The van der Waals surface area contributed by atoms with Crippen LogP contribution in [0.2, 0.25) is 5.02 Å². The number of benzene rings is 1. The Morgan fingerprint density at radius 1 is 1.30 bits per heavy atom. The van der Waals surface area contributed by atoms with Crippen LogP contribution >= 0.6 is 11.6 Å². The first-order valence-electron chi connectivity index (χ1n) is 8.28. The molecule has 0 saturated carbocycles. The Morgan fingerprint density at radius 3 is 2.74 bits per heavy atom. The molecule has 1 atom stereocenters. The summed E-state index contributed by atoms with van der Waals surface area (Å²) in [6.07, 6.45) is -3.28. The second-order valence-corrected chi connectivity index (χ2v) is 6.58. The number of urea groups is 1. The van der Waals surface area contributed by atoms with Gasteiger partial charge in [-0.2, -0.15) is 13.2 Å². The molecule has 1 saturated heterocycles. The Hall–Kier alpha value is -2.48. The van der Waals surface area contributed by atoms with E-state index >= 15 is 0 Å². The molecule has 2 amide bonds. The Bertz CT molecular complexity index is 799.